The summed E-state index contributed by atoms with van der Waals surface area (Å²) in [6, 6.07) is 11.6. The Hall–Kier alpha value is -3.61. The van der Waals surface area contributed by atoms with Crippen LogP contribution < -0.4 is 14.2 Å². The molecule has 3 aromatic rings. The van der Waals surface area contributed by atoms with Gasteiger partial charge in [0, 0.05) is 16.8 Å². The van der Waals surface area contributed by atoms with Crippen LogP contribution in [0.3, 0.4) is 0 Å². The lowest BCUT2D eigenvalue weighted by Gasteiger charge is -2.16. The SMILES string of the molecule is CCCc1nc(CCc2cc(OC)c(OC)c(OC)c2)c(C(=O)O)cc1-c1ccccc1F. The van der Waals surface area contributed by atoms with Crippen molar-refractivity contribution < 1.29 is 28.5 Å². The van der Waals surface area contributed by atoms with Crippen molar-refractivity contribution in [2.24, 2.45) is 0 Å². The molecule has 0 saturated heterocycles. The third-order valence-corrected chi connectivity index (χ3v) is 5.44. The van der Waals surface area contributed by atoms with E-state index in [9.17, 15) is 14.3 Å². The molecule has 0 aliphatic rings. The molecule has 0 aliphatic heterocycles. The lowest BCUT2D eigenvalue weighted by atomic mass is 9.96. The zero-order valence-electron chi connectivity index (χ0n) is 19.3. The summed E-state index contributed by atoms with van der Waals surface area (Å²) in [5.74, 6) is 0.0495. The maximum Gasteiger partial charge on any atom is 0.337 e. The zero-order chi connectivity index (χ0) is 24.0. The predicted octanol–water partition coefficient (Wildman–Crippen LogP) is 5.35. The molecule has 174 valence electrons. The second kappa shape index (κ2) is 10.8. The maximum absolute atomic E-state index is 14.5. The predicted molar refractivity (Wildman–Crippen MR) is 124 cm³/mol. The van der Waals surface area contributed by atoms with E-state index in [-0.39, 0.29) is 5.56 Å². The van der Waals surface area contributed by atoms with Gasteiger partial charge in [-0.15, -0.1) is 0 Å². The smallest absolute Gasteiger partial charge is 0.337 e. The Morgan fingerprint density at radius 2 is 1.58 bits per heavy atom. The number of ether oxygens (including phenoxy) is 3. The molecule has 0 unspecified atom stereocenters. The molecule has 0 radical (unpaired) electrons. The molecule has 1 aromatic heterocycles. The van der Waals surface area contributed by atoms with E-state index >= 15 is 0 Å². The number of hydrogen-bond acceptors (Lipinski definition) is 5. The van der Waals surface area contributed by atoms with Crippen molar-refractivity contribution >= 4 is 5.97 Å². The molecule has 0 saturated carbocycles. The summed E-state index contributed by atoms with van der Waals surface area (Å²) in [6.45, 7) is 2.01. The molecule has 1 N–H and O–H groups in total. The van der Waals surface area contributed by atoms with Gasteiger partial charge in [0.25, 0.3) is 0 Å². The van der Waals surface area contributed by atoms with Crippen LogP contribution in [0, 0.1) is 5.82 Å². The summed E-state index contributed by atoms with van der Waals surface area (Å²) in [7, 11) is 4.63. The first-order valence-corrected chi connectivity index (χ1v) is 10.7. The molecular formula is C26H28FNO5. The number of halogens is 1. The number of aromatic nitrogens is 1. The van der Waals surface area contributed by atoms with Gasteiger partial charge in [0.05, 0.1) is 32.6 Å². The van der Waals surface area contributed by atoms with Gasteiger partial charge in [-0.2, -0.15) is 0 Å². The van der Waals surface area contributed by atoms with E-state index in [4.69, 9.17) is 19.2 Å². The van der Waals surface area contributed by atoms with Gasteiger partial charge in [-0.05, 0) is 49.1 Å². The fraction of sp³-hybridized carbons (Fsp3) is 0.308. The van der Waals surface area contributed by atoms with Gasteiger partial charge < -0.3 is 19.3 Å². The van der Waals surface area contributed by atoms with Crippen molar-refractivity contribution in [2.45, 2.75) is 32.6 Å². The number of benzene rings is 2. The van der Waals surface area contributed by atoms with Gasteiger partial charge in [0.1, 0.15) is 5.82 Å². The van der Waals surface area contributed by atoms with E-state index in [1.807, 2.05) is 19.1 Å². The number of hydrogen-bond donors (Lipinski definition) is 1. The van der Waals surface area contributed by atoms with Crippen LogP contribution in [0.5, 0.6) is 17.2 Å². The molecule has 0 aliphatic carbocycles. The molecule has 2 aromatic carbocycles. The molecule has 7 heteroatoms. The first-order chi connectivity index (χ1) is 15.9. The van der Waals surface area contributed by atoms with Crippen molar-refractivity contribution in [3.8, 4) is 28.4 Å². The number of aromatic carboxylic acids is 1. The number of rotatable bonds is 10. The Morgan fingerprint density at radius 1 is 0.909 bits per heavy atom. The van der Waals surface area contributed by atoms with Crippen LogP contribution in [0.1, 0.15) is 40.7 Å². The van der Waals surface area contributed by atoms with Gasteiger partial charge in [0.15, 0.2) is 11.5 Å². The van der Waals surface area contributed by atoms with E-state index in [2.05, 4.69) is 0 Å². The van der Waals surface area contributed by atoms with Gasteiger partial charge >= 0.3 is 5.97 Å². The summed E-state index contributed by atoms with van der Waals surface area (Å²) in [5.41, 5.74) is 2.97. The number of pyridine rings is 1. The molecular weight excluding hydrogens is 425 g/mol. The highest BCUT2D eigenvalue weighted by atomic mass is 19.1. The molecule has 33 heavy (non-hydrogen) atoms. The van der Waals surface area contributed by atoms with Crippen LogP contribution in [-0.2, 0) is 19.3 Å². The highest BCUT2D eigenvalue weighted by molar-refractivity contribution is 5.91. The zero-order valence-corrected chi connectivity index (χ0v) is 19.3. The number of nitrogens with zero attached hydrogens (tertiary/aromatic N) is 1. The fourth-order valence-electron chi connectivity index (χ4n) is 3.85. The van der Waals surface area contributed by atoms with E-state index in [1.54, 1.807) is 38.5 Å². The van der Waals surface area contributed by atoms with Crippen molar-refractivity contribution in [3.05, 3.63) is 70.8 Å². The highest BCUT2D eigenvalue weighted by Crippen LogP contribution is 2.38. The second-order valence-corrected chi connectivity index (χ2v) is 7.55. The average molecular weight is 454 g/mol. The van der Waals surface area contributed by atoms with Crippen molar-refractivity contribution in [2.75, 3.05) is 21.3 Å². The quantitative estimate of drug-likeness (QED) is 0.446. The van der Waals surface area contributed by atoms with E-state index in [0.717, 1.165) is 12.0 Å². The molecule has 6 nitrogen and oxygen atoms in total. The number of methoxy groups -OCH3 is 3. The van der Waals surface area contributed by atoms with Crippen molar-refractivity contribution in [1.29, 1.82) is 0 Å². The summed E-state index contributed by atoms with van der Waals surface area (Å²) in [5, 5.41) is 9.87. The van der Waals surface area contributed by atoms with Crippen LogP contribution in [0.2, 0.25) is 0 Å². The molecule has 3 rings (SSSR count). The minimum atomic E-state index is -1.09. The second-order valence-electron chi connectivity index (χ2n) is 7.55. The number of carbonyl (C=O) groups is 1. The topological polar surface area (TPSA) is 77.9 Å². The number of aryl methyl sites for hydroxylation is 3. The summed E-state index contributed by atoms with van der Waals surface area (Å²) >= 11 is 0. The van der Waals surface area contributed by atoms with E-state index in [0.29, 0.717) is 59.0 Å². The largest absolute Gasteiger partial charge is 0.493 e. The lowest BCUT2D eigenvalue weighted by Crippen LogP contribution is -2.10. The standard InChI is InChI=1S/C26H28FNO5/c1-5-8-21-18(17-9-6-7-10-20(17)27)15-19(26(29)30)22(28-21)12-11-16-13-23(31-2)25(33-4)24(14-16)32-3/h6-7,9-10,13-15H,5,8,11-12H2,1-4H3,(H,29,30). The Kier molecular flexibility index (Phi) is 7.87. The van der Waals surface area contributed by atoms with Gasteiger partial charge in [-0.25, -0.2) is 9.18 Å². The summed E-state index contributed by atoms with van der Waals surface area (Å²) in [4.78, 5) is 16.8. The first kappa shape index (κ1) is 24.0. The first-order valence-electron chi connectivity index (χ1n) is 10.7. The third-order valence-electron chi connectivity index (χ3n) is 5.44. The molecule has 1 heterocycles. The third kappa shape index (κ3) is 5.25. The van der Waals surface area contributed by atoms with Crippen molar-refractivity contribution in [3.63, 3.8) is 0 Å². The van der Waals surface area contributed by atoms with E-state index < -0.39 is 11.8 Å². The number of carboxylic acid groups (broad SMARTS) is 1. The Morgan fingerprint density at radius 3 is 2.12 bits per heavy atom. The molecule has 0 fully saturated rings. The maximum atomic E-state index is 14.5. The van der Waals surface area contributed by atoms with Gasteiger partial charge in [0.2, 0.25) is 5.75 Å². The van der Waals surface area contributed by atoms with Gasteiger partial charge in [-0.1, -0.05) is 31.5 Å². The summed E-state index contributed by atoms with van der Waals surface area (Å²) < 4.78 is 30.7. The highest BCUT2D eigenvalue weighted by Gasteiger charge is 2.20. The van der Waals surface area contributed by atoms with Crippen molar-refractivity contribution in [1.82, 2.24) is 4.98 Å². The molecule has 0 amide bonds. The molecule has 0 atom stereocenters. The van der Waals surface area contributed by atoms with Crippen LogP contribution in [0.25, 0.3) is 11.1 Å². The summed E-state index contributed by atoms with van der Waals surface area (Å²) in [6.07, 6.45) is 2.30. The minimum Gasteiger partial charge on any atom is -0.493 e. The van der Waals surface area contributed by atoms with Gasteiger partial charge in [-0.3, -0.25) is 4.98 Å². The van der Waals surface area contributed by atoms with Crippen LogP contribution in [0.4, 0.5) is 4.39 Å². The fourth-order valence-corrected chi connectivity index (χ4v) is 3.85. The lowest BCUT2D eigenvalue weighted by molar-refractivity contribution is 0.0695. The molecule has 0 spiro atoms. The average Bonchev–Trinajstić information content (AvgIpc) is 2.82. The Bertz CT molecular complexity index is 1120. The normalized spacial score (nSPS) is 10.7. The van der Waals surface area contributed by atoms with Crippen LogP contribution in [-0.4, -0.2) is 37.4 Å². The van der Waals surface area contributed by atoms with Crippen LogP contribution >= 0.6 is 0 Å². The Labute approximate surface area is 193 Å². The number of carboxylic acids is 1. The monoisotopic (exact) mass is 453 g/mol. The van der Waals surface area contributed by atoms with E-state index in [1.165, 1.54) is 13.2 Å². The van der Waals surface area contributed by atoms with Crippen LogP contribution in [0.15, 0.2) is 42.5 Å². The minimum absolute atomic E-state index is 0.0700. The molecule has 0 bridgehead atoms. The Balaban J connectivity index is 2.02.